The van der Waals surface area contributed by atoms with Crippen molar-refractivity contribution >= 4 is 15.9 Å². The maximum atomic E-state index is 13.0. The van der Waals surface area contributed by atoms with Crippen LogP contribution in [-0.2, 0) is 10.0 Å². The zero-order chi connectivity index (χ0) is 20.6. The van der Waals surface area contributed by atoms with Gasteiger partial charge in [0.25, 0.3) is 5.91 Å². The predicted octanol–water partition coefficient (Wildman–Crippen LogP) is 1.01. The van der Waals surface area contributed by atoms with Crippen LogP contribution < -0.4 is 4.72 Å². The fraction of sp³-hybridized carbons (Fsp3) is 0.333. The molecule has 0 radical (unpaired) electrons. The Morgan fingerprint density at radius 3 is 2.62 bits per heavy atom. The lowest BCUT2D eigenvalue weighted by Crippen LogP contribution is -2.38. The molecule has 29 heavy (non-hydrogen) atoms. The van der Waals surface area contributed by atoms with E-state index in [-0.39, 0.29) is 18.1 Å². The van der Waals surface area contributed by atoms with Crippen molar-refractivity contribution in [2.75, 3.05) is 12.8 Å². The van der Waals surface area contributed by atoms with Crippen molar-refractivity contribution < 1.29 is 13.2 Å². The number of aryl methyl sites for hydroxylation is 1. The molecule has 3 N–H and O–H groups in total. The summed E-state index contributed by atoms with van der Waals surface area (Å²) in [4.78, 5) is 19.2. The van der Waals surface area contributed by atoms with Crippen LogP contribution >= 0.6 is 0 Å². The number of nitrogens with one attached hydrogen (secondary N) is 3. The van der Waals surface area contributed by atoms with Crippen molar-refractivity contribution in [1.82, 2.24) is 35.0 Å². The lowest BCUT2D eigenvalue weighted by molar-refractivity contribution is 0.0722. The quantitative estimate of drug-likeness (QED) is 0.569. The first-order chi connectivity index (χ1) is 13.8. The molecule has 0 saturated carbocycles. The highest BCUT2D eigenvalue weighted by Gasteiger charge is 2.40. The van der Waals surface area contributed by atoms with Gasteiger partial charge in [0.1, 0.15) is 11.5 Å². The van der Waals surface area contributed by atoms with Crippen molar-refractivity contribution in [1.29, 1.82) is 0 Å². The Morgan fingerprint density at radius 2 is 1.97 bits per heavy atom. The van der Waals surface area contributed by atoms with Gasteiger partial charge < -0.3 is 4.90 Å². The van der Waals surface area contributed by atoms with Gasteiger partial charge in [-0.3, -0.25) is 15.0 Å². The third-order valence-electron chi connectivity index (χ3n) is 4.72. The zero-order valence-electron chi connectivity index (χ0n) is 16.0. The summed E-state index contributed by atoms with van der Waals surface area (Å²) in [6, 6.07) is 10.3. The molecule has 0 spiro atoms. The average molecular weight is 415 g/mol. The monoisotopic (exact) mass is 415 g/mol. The standard InChI is InChI=1S/C18H21N7O3S/c1-11-8-14(21-20-11)18(26)25-10-13(24-29(2,27)28)9-15(25)17-19-16(22-23-17)12-6-4-3-5-7-12/h3-8,13,15,24H,9-10H2,1-2H3,(H,20,21)(H,19,22,23). The van der Waals surface area contributed by atoms with Gasteiger partial charge in [0, 0.05) is 23.8 Å². The van der Waals surface area contributed by atoms with E-state index in [1.807, 2.05) is 37.3 Å². The Balaban J connectivity index is 1.64. The van der Waals surface area contributed by atoms with Gasteiger partial charge in [-0.2, -0.15) is 10.2 Å². The lowest BCUT2D eigenvalue weighted by Gasteiger charge is -2.21. The summed E-state index contributed by atoms with van der Waals surface area (Å²) >= 11 is 0. The van der Waals surface area contributed by atoms with Crippen LogP contribution in [0.2, 0.25) is 0 Å². The second-order valence-corrected chi connectivity index (χ2v) is 8.92. The van der Waals surface area contributed by atoms with E-state index in [9.17, 15) is 13.2 Å². The number of carbonyl (C=O) groups is 1. The second-order valence-electron chi connectivity index (χ2n) is 7.14. The van der Waals surface area contributed by atoms with Crippen molar-refractivity contribution in [3.8, 4) is 11.4 Å². The summed E-state index contributed by atoms with van der Waals surface area (Å²) in [5.41, 5.74) is 1.89. The van der Waals surface area contributed by atoms with E-state index in [4.69, 9.17) is 0 Å². The lowest BCUT2D eigenvalue weighted by atomic mass is 10.1. The number of H-pyrrole nitrogens is 2. The van der Waals surface area contributed by atoms with E-state index in [1.54, 1.807) is 11.0 Å². The van der Waals surface area contributed by atoms with Crippen LogP contribution in [0.25, 0.3) is 11.4 Å². The largest absolute Gasteiger partial charge is 0.325 e. The number of sulfonamides is 1. The Kier molecular flexibility index (Phi) is 4.92. The summed E-state index contributed by atoms with van der Waals surface area (Å²) in [6.45, 7) is 2.02. The minimum atomic E-state index is -3.42. The minimum Gasteiger partial charge on any atom is -0.325 e. The highest BCUT2D eigenvalue weighted by Crippen LogP contribution is 2.32. The molecule has 1 aromatic carbocycles. The molecule has 1 fully saturated rings. The molecule has 3 aromatic rings. The Bertz CT molecular complexity index is 1120. The van der Waals surface area contributed by atoms with Crippen molar-refractivity contribution in [2.24, 2.45) is 0 Å². The molecule has 2 aromatic heterocycles. The van der Waals surface area contributed by atoms with Crippen LogP contribution in [0.3, 0.4) is 0 Å². The third-order valence-corrected chi connectivity index (χ3v) is 5.48. The first kappa shape index (κ1) is 19.3. The fourth-order valence-electron chi connectivity index (χ4n) is 3.52. The number of rotatable bonds is 5. The Hall–Kier alpha value is -3.05. The zero-order valence-corrected chi connectivity index (χ0v) is 16.8. The Labute approximate surface area is 167 Å². The summed E-state index contributed by atoms with van der Waals surface area (Å²) in [5, 5.41) is 14.0. The van der Waals surface area contributed by atoms with Gasteiger partial charge in [-0.1, -0.05) is 30.3 Å². The normalized spacial score (nSPS) is 19.6. The minimum absolute atomic E-state index is 0.212. The Morgan fingerprint density at radius 1 is 1.21 bits per heavy atom. The summed E-state index contributed by atoms with van der Waals surface area (Å²) in [6.07, 6.45) is 1.48. The molecule has 1 aliphatic rings. The summed E-state index contributed by atoms with van der Waals surface area (Å²) < 4.78 is 26.0. The predicted molar refractivity (Wildman–Crippen MR) is 105 cm³/mol. The molecule has 3 heterocycles. The van der Waals surface area contributed by atoms with E-state index in [1.165, 1.54) is 0 Å². The van der Waals surface area contributed by atoms with Gasteiger partial charge in [-0.05, 0) is 19.4 Å². The van der Waals surface area contributed by atoms with Crippen LogP contribution in [-0.4, -0.2) is 63.4 Å². The average Bonchev–Trinajstić information content (AvgIpc) is 3.39. The second kappa shape index (κ2) is 7.41. The number of aromatic nitrogens is 5. The molecular formula is C18H21N7O3S. The number of likely N-dealkylation sites (tertiary alicyclic amines) is 1. The van der Waals surface area contributed by atoms with E-state index in [0.29, 0.717) is 18.1 Å². The molecule has 0 bridgehead atoms. The number of amides is 1. The van der Waals surface area contributed by atoms with E-state index in [2.05, 4.69) is 30.1 Å². The molecule has 2 unspecified atom stereocenters. The van der Waals surface area contributed by atoms with E-state index < -0.39 is 22.1 Å². The van der Waals surface area contributed by atoms with Gasteiger partial charge in [-0.15, -0.1) is 0 Å². The molecule has 1 amide bonds. The van der Waals surface area contributed by atoms with Crippen molar-refractivity contribution in [2.45, 2.75) is 25.4 Å². The van der Waals surface area contributed by atoms with Crippen LogP contribution in [0.4, 0.5) is 0 Å². The SMILES string of the molecule is Cc1cc(C(=O)N2CC(NS(C)(=O)=O)CC2c2nc(-c3ccccc3)n[nH]2)n[nH]1. The topological polar surface area (TPSA) is 137 Å². The molecule has 1 saturated heterocycles. The van der Waals surface area contributed by atoms with Gasteiger partial charge in [0.2, 0.25) is 10.0 Å². The molecule has 4 rings (SSSR count). The van der Waals surface area contributed by atoms with Gasteiger partial charge >= 0.3 is 0 Å². The highest BCUT2D eigenvalue weighted by molar-refractivity contribution is 7.88. The van der Waals surface area contributed by atoms with Gasteiger partial charge in [-0.25, -0.2) is 18.1 Å². The summed E-state index contributed by atoms with van der Waals surface area (Å²) in [7, 11) is -3.42. The molecule has 11 heteroatoms. The number of carbonyl (C=O) groups excluding carboxylic acids is 1. The molecule has 0 aliphatic carbocycles. The maximum absolute atomic E-state index is 13.0. The number of aromatic amines is 2. The first-order valence-corrected chi connectivity index (χ1v) is 11.0. The number of nitrogens with zero attached hydrogens (tertiary/aromatic N) is 4. The maximum Gasteiger partial charge on any atom is 0.275 e. The highest BCUT2D eigenvalue weighted by atomic mass is 32.2. The molecule has 2 atom stereocenters. The summed E-state index contributed by atoms with van der Waals surface area (Å²) in [5.74, 6) is 0.722. The number of hydrogen-bond acceptors (Lipinski definition) is 6. The van der Waals surface area contributed by atoms with Crippen LogP contribution in [0, 0.1) is 6.92 Å². The third kappa shape index (κ3) is 4.20. The first-order valence-electron chi connectivity index (χ1n) is 9.08. The van der Waals surface area contributed by atoms with Gasteiger partial charge in [0.05, 0.1) is 12.3 Å². The molecule has 10 nitrogen and oxygen atoms in total. The molecule has 152 valence electrons. The number of benzene rings is 1. The molecular weight excluding hydrogens is 394 g/mol. The van der Waals surface area contributed by atoms with Crippen LogP contribution in [0.5, 0.6) is 0 Å². The van der Waals surface area contributed by atoms with Crippen molar-refractivity contribution in [3.63, 3.8) is 0 Å². The fourth-order valence-corrected chi connectivity index (χ4v) is 4.30. The van der Waals surface area contributed by atoms with Crippen LogP contribution in [0.1, 0.15) is 34.5 Å². The van der Waals surface area contributed by atoms with Crippen molar-refractivity contribution in [3.05, 3.63) is 53.6 Å². The molecule has 1 aliphatic heterocycles. The van der Waals surface area contributed by atoms with E-state index in [0.717, 1.165) is 17.5 Å². The number of hydrogen-bond donors (Lipinski definition) is 3. The smallest absolute Gasteiger partial charge is 0.275 e. The van der Waals surface area contributed by atoms with Gasteiger partial charge in [0.15, 0.2) is 5.82 Å². The van der Waals surface area contributed by atoms with E-state index >= 15 is 0 Å². The van der Waals surface area contributed by atoms with Crippen LogP contribution in [0.15, 0.2) is 36.4 Å².